The number of carbonyl (C=O) groups is 1. The summed E-state index contributed by atoms with van der Waals surface area (Å²) in [7, 11) is 1.52. The third-order valence-corrected chi connectivity index (χ3v) is 5.02. The smallest absolute Gasteiger partial charge is 0.265 e. The summed E-state index contributed by atoms with van der Waals surface area (Å²) in [6, 6.07) is 19.8. The Balaban J connectivity index is 1.75. The molecule has 6 heteroatoms. The summed E-state index contributed by atoms with van der Waals surface area (Å²) in [4.78, 5) is 30.3. The van der Waals surface area contributed by atoms with E-state index >= 15 is 0 Å². The molecule has 6 nitrogen and oxygen atoms in total. The van der Waals surface area contributed by atoms with Crippen molar-refractivity contribution in [2.24, 2.45) is 0 Å². The minimum atomic E-state index is -0.222. The number of carbonyl (C=O) groups excluding carboxylic acids is 1. The lowest BCUT2D eigenvalue weighted by Gasteiger charge is -2.15. The number of benzene rings is 3. The number of rotatable bonds is 4. The Bertz CT molecular complexity index is 1330. The van der Waals surface area contributed by atoms with Crippen LogP contribution in [0.1, 0.15) is 21.7 Å². The third kappa shape index (κ3) is 3.43. The Labute approximate surface area is 173 Å². The molecule has 1 amide bonds. The van der Waals surface area contributed by atoms with E-state index in [1.165, 1.54) is 11.7 Å². The quantitative estimate of drug-likeness (QED) is 0.556. The molecule has 0 atom stereocenters. The fraction of sp³-hybridized carbons (Fsp3) is 0.125. The Morgan fingerprint density at radius 1 is 1.00 bits per heavy atom. The van der Waals surface area contributed by atoms with Crippen LogP contribution in [-0.4, -0.2) is 22.6 Å². The van der Waals surface area contributed by atoms with Gasteiger partial charge in [0.05, 0.1) is 29.4 Å². The van der Waals surface area contributed by atoms with Gasteiger partial charge in [0.15, 0.2) is 0 Å². The normalized spacial score (nSPS) is 10.8. The highest BCUT2D eigenvalue weighted by Gasteiger charge is 2.15. The van der Waals surface area contributed by atoms with E-state index in [1.54, 1.807) is 37.3 Å². The van der Waals surface area contributed by atoms with Gasteiger partial charge in [-0.15, -0.1) is 0 Å². The van der Waals surface area contributed by atoms with Crippen LogP contribution in [0.25, 0.3) is 16.6 Å². The lowest BCUT2D eigenvalue weighted by molar-refractivity contribution is 0.102. The number of anilines is 1. The molecule has 30 heavy (non-hydrogen) atoms. The van der Waals surface area contributed by atoms with Crippen LogP contribution in [0.2, 0.25) is 0 Å². The van der Waals surface area contributed by atoms with Crippen molar-refractivity contribution >= 4 is 22.5 Å². The highest BCUT2D eigenvalue weighted by Crippen LogP contribution is 2.28. The van der Waals surface area contributed by atoms with Gasteiger partial charge in [-0.25, -0.2) is 4.98 Å². The number of hydrogen-bond donors (Lipinski definition) is 1. The zero-order valence-corrected chi connectivity index (χ0v) is 17.0. The molecule has 1 N–H and O–H groups in total. The van der Waals surface area contributed by atoms with Crippen LogP contribution >= 0.6 is 0 Å². The summed E-state index contributed by atoms with van der Waals surface area (Å²) in [6.45, 7) is 3.67. The van der Waals surface area contributed by atoms with Gasteiger partial charge in [-0.3, -0.25) is 14.2 Å². The summed E-state index contributed by atoms with van der Waals surface area (Å²) in [5.41, 5.74) is 3.11. The number of aryl methyl sites for hydroxylation is 2. The average molecular weight is 399 g/mol. The zero-order valence-electron chi connectivity index (χ0n) is 17.0. The molecule has 0 radical (unpaired) electrons. The van der Waals surface area contributed by atoms with Crippen molar-refractivity contribution < 1.29 is 9.53 Å². The maximum absolute atomic E-state index is 13.0. The van der Waals surface area contributed by atoms with E-state index in [0.717, 1.165) is 5.56 Å². The molecule has 0 aliphatic carbocycles. The number of nitrogens with one attached hydrogen (secondary N) is 1. The molecular formula is C24H21N3O3. The molecule has 1 aromatic heterocycles. The Morgan fingerprint density at radius 3 is 2.50 bits per heavy atom. The maximum Gasteiger partial charge on any atom is 0.265 e. The van der Waals surface area contributed by atoms with Gasteiger partial charge in [-0.05, 0) is 49.7 Å². The van der Waals surface area contributed by atoms with Crippen LogP contribution in [0.3, 0.4) is 0 Å². The summed E-state index contributed by atoms with van der Waals surface area (Å²) in [6.07, 6.45) is 0. The number of para-hydroxylation sites is 1. The first-order chi connectivity index (χ1) is 14.5. The highest BCUT2D eigenvalue weighted by molar-refractivity contribution is 6.06. The SMILES string of the molecule is COc1cc(-n2c(C)nc3ccccc3c2=O)ccc1NC(=O)c1ccccc1C. The van der Waals surface area contributed by atoms with Crippen LogP contribution in [0, 0.1) is 13.8 Å². The predicted octanol–water partition coefficient (Wildman–Crippen LogP) is 4.26. The monoisotopic (exact) mass is 399 g/mol. The first-order valence-corrected chi connectivity index (χ1v) is 9.53. The van der Waals surface area contributed by atoms with Gasteiger partial charge in [0, 0.05) is 11.6 Å². The molecule has 0 aliphatic heterocycles. The molecule has 150 valence electrons. The van der Waals surface area contributed by atoms with Gasteiger partial charge in [0.2, 0.25) is 0 Å². The Kier molecular flexibility index (Phi) is 5.06. The van der Waals surface area contributed by atoms with Gasteiger partial charge < -0.3 is 10.1 Å². The standard InChI is InChI=1S/C24H21N3O3/c1-15-8-4-5-9-18(15)23(28)26-21-13-12-17(14-22(21)30-3)27-16(2)25-20-11-7-6-10-19(20)24(27)29/h4-14H,1-3H3,(H,26,28). The zero-order chi connectivity index (χ0) is 21.3. The van der Waals surface area contributed by atoms with Gasteiger partial charge in [-0.2, -0.15) is 0 Å². The first kappa shape index (κ1) is 19.4. The predicted molar refractivity (Wildman–Crippen MR) is 118 cm³/mol. The largest absolute Gasteiger partial charge is 0.494 e. The fourth-order valence-corrected chi connectivity index (χ4v) is 3.49. The minimum absolute atomic E-state index is 0.156. The lowest BCUT2D eigenvalue weighted by Crippen LogP contribution is -2.22. The molecule has 0 aliphatic rings. The van der Waals surface area contributed by atoms with E-state index < -0.39 is 0 Å². The number of aromatic nitrogens is 2. The van der Waals surface area contributed by atoms with Crippen LogP contribution in [-0.2, 0) is 0 Å². The molecule has 0 saturated carbocycles. The Morgan fingerprint density at radius 2 is 1.73 bits per heavy atom. The van der Waals surface area contributed by atoms with Gasteiger partial charge >= 0.3 is 0 Å². The van der Waals surface area contributed by atoms with E-state index in [-0.39, 0.29) is 11.5 Å². The molecule has 3 aromatic carbocycles. The minimum Gasteiger partial charge on any atom is -0.494 e. The van der Waals surface area contributed by atoms with Crippen LogP contribution in [0.4, 0.5) is 5.69 Å². The van der Waals surface area contributed by atoms with Crippen molar-refractivity contribution in [1.82, 2.24) is 9.55 Å². The molecular weight excluding hydrogens is 378 g/mol. The van der Waals surface area contributed by atoms with Gasteiger partial charge in [0.1, 0.15) is 11.6 Å². The van der Waals surface area contributed by atoms with E-state index in [4.69, 9.17) is 4.74 Å². The number of fused-ring (bicyclic) bond motifs is 1. The van der Waals surface area contributed by atoms with E-state index in [2.05, 4.69) is 10.3 Å². The van der Waals surface area contributed by atoms with E-state index in [9.17, 15) is 9.59 Å². The second-order valence-corrected chi connectivity index (χ2v) is 6.97. The molecule has 4 aromatic rings. The highest BCUT2D eigenvalue weighted by atomic mass is 16.5. The first-order valence-electron chi connectivity index (χ1n) is 9.53. The van der Waals surface area contributed by atoms with Crippen molar-refractivity contribution in [3.05, 3.63) is 94.0 Å². The van der Waals surface area contributed by atoms with E-state index in [1.807, 2.05) is 43.3 Å². The Hall–Kier alpha value is -3.93. The molecule has 4 rings (SSSR count). The second kappa shape index (κ2) is 7.83. The van der Waals surface area contributed by atoms with Crippen molar-refractivity contribution in [3.63, 3.8) is 0 Å². The lowest BCUT2D eigenvalue weighted by atomic mass is 10.1. The van der Waals surface area contributed by atoms with Gasteiger partial charge in [0.25, 0.3) is 11.5 Å². The van der Waals surface area contributed by atoms with Crippen molar-refractivity contribution in [2.75, 3.05) is 12.4 Å². The summed E-state index contributed by atoms with van der Waals surface area (Å²) in [5.74, 6) is 0.797. The number of hydrogen-bond acceptors (Lipinski definition) is 4. The average Bonchev–Trinajstić information content (AvgIpc) is 2.75. The van der Waals surface area contributed by atoms with Crippen molar-refractivity contribution in [1.29, 1.82) is 0 Å². The third-order valence-electron chi connectivity index (χ3n) is 5.02. The van der Waals surface area contributed by atoms with Crippen LogP contribution < -0.4 is 15.6 Å². The second-order valence-electron chi connectivity index (χ2n) is 6.97. The summed E-state index contributed by atoms with van der Waals surface area (Å²) >= 11 is 0. The summed E-state index contributed by atoms with van der Waals surface area (Å²) in [5, 5.41) is 3.43. The molecule has 0 saturated heterocycles. The van der Waals surface area contributed by atoms with Gasteiger partial charge in [-0.1, -0.05) is 30.3 Å². The maximum atomic E-state index is 13.0. The number of nitrogens with zero attached hydrogens (tertiary/aromatic N) is 2. The fourth-order valence-electron chi connectivity index (χ4n) is 3.49. The molecule has 0 bridgehead atoms. The van der Waals surface area contributed by atoms with Crippen molar-refractivity contribution in [3.8, 4) is 11.4 Å². The summed E-state index contributed by atoms with van der Waals surface area (Å²) < 4.78 is 7.03. The number of ether oxygens (including phenoxy) is 1. The number of amides is 1. The number of methoxy groups -OCH3 is 1. The molecule has 0 spiro atoms. The molecule has 0 unspecified atom stereocenters. The van der Waals surface area contributed by atoms with Crippen LogP contribution in [0.5, 0.6) is 5.75 Å². The topological polar surface area (TPSA) is 73.2 Å². The van der Waals surface area contributed by atoms with Crippen LogP contribution in [0.15, 0.2) is 71.5 Å². The van der Waals surface area contributed by atoms with E-state index in [0.29, 0.717) is 39.4 Å². The van der Waals surface area contributed by atoms with Crippen molar-refractivity contribution in [2.45, 2.75) is 13.8 Å². The molecule has 1 heterocycles. The molecule has 0 fully saturated rings.